The van der Waals surface area contributed by atoms with E-state index in [0.29, 0.717) is 16.7 Å². The molecule has 1 atom stereocenters. The maximum atomic E-state index is 10.5. The molecular formula is C23H20N4O2S. The van der Waals surface area contributed by atoms with E-state index < -0.39 is 6.10 Å². The monoisotopic (exact) mass is 416 g/mol. The number of aliphatic hydroxyl groups excluding tert-OH is 1. The van der Waals surface area contributed by atoms with Gasteiger partial charge in [0.25, 0.3) is 0 Å². The van der Waals surface area contributed by atoms with Crippen LogP contribution in [0.2, 0.25) is 0 Å². The molecular weight excluding hydrogens is 396 g/mol. The zero-order chi connectivity index (χ0) is 20.5. The van der Waals surface area contributed by atoms with Crippen LogP contribution in [-0.4, -0.2) is 43.2 Å². The van der Waals surface area contributed by atoms with Gasteiger partial charge in [-0.15, -0.1) is 5.10 Å². The fraction of sp³-hybridized carbons (Fsp3) is 0.174. The van der Waals surface area contributed by atoms with Crippen molar-refractivity contribution >= 4 is 39.1 Å². The van der Waals surface area contributed by atoms with E-state index in [0.717, 1.165) is 33.1 Å². The quantitative estimate of drug-likeness (QED) is 0.329. The van der Waals surface area contributed by atoms with Gasteiger partial charge >= 0.3 is 0 Å². The molecule has 0 aliphatic carbocycles. The van der Waals surface area contributed by atoms with Crippen molar-refractivity contribution in [1.29, 1.82) is 0 Å². The number of fused-ring (bicyclic) bond motifs is 4. The van der Waals surface area contributed by atoms with Gasteiger partial charge in [0, 0.05) is 11.1 Å². The number of para-hydroxylation sites is 1. The Bertz CT molecular complexity index is 1350. The van der Waals surface area contributed by atoms with Crippen LogP contribution in [0.4, 0.5) is 0 Å². The second kappa shape index (κ2) is 7.93. The van der Waals surface area contributed by atoms with Gasteiger partial charge in [0.05, 0.1) is 11.6 Å². The van der Waals surface area contributed by atoms with Crippen molar-refractivity contribution in [2.45, 2.75) is 18.2 Å². The van der Waals surface area contributed by atoms with Gasteiger partial charge in [-0.25, -0.2) is 9.97 Å². The van der Waals surface area contributed by atoms with Crippen molar-refractivity contribution in [3.05, 3.63) is 72.6 Å². The zero-order valence-corrected chi connectivity index (χ0v) is 17.2. The largest absolute Gasteiger partial charge is 0.491 e. The molecule has 2 aromatic heterocycles. The number of nitrogens with zero attached hydrogens (tertiary/aromatic N) is 4. The Morgan fingerprint density at radius 2 is 1.80 bits per heavy atom. The predicted molar refractivity (Wildman–Crippen MR) is 119 cm³/mol. The minimum Gasteiger partial charge on any atom is -0.491 e. The summed E-state index contributed by atoms with van der Waals surface area (Å²) in [4.78, 5) is 9.25. The Hall–Kier alpha value is -3.16. The highest BCUT2D eigenvalue weighted by molar-refractivity contribution is 7.99. The number of rotatable bonds is 6. The Kier molecular flexibility index (Phi) is 4.98. The van der Waals surface area contributed by atoms with E-state index >= 15 is 0 Å². The summed E-state index contributed by atoms with van der Waals surface area (Å²) in [6, 6.07) is 21.9. The Morgan fingerprint density at radius 3 is 2.70 bits per heavy atom. The number of benzene rings is 3. The van der Waals surface area contributed by atoms with Crippen molar-refractivity contribution in [1.82, 2.24) is 19.6 Å². The molecule has 2 heterocycles. The molecule has 5 aromatic rings. The summed E-state index contributed by atoms with van der Waals surface area (Å²) in [6.45, 7) is 2.07. The minimum absolute atomic E-state index is 0.207. The molecule has 1 N–H and O–H groups in total. The first-order chi connectivity index (χ1) is 14.7. The summed E-state index contributed by atoms with van der Waals surface area (Å²) in [6.07, 6.45) is -0.644. The highest BCUT2D eigenvalue weighted by atomic mass is 32.2. The predicted octanol–water partition coefficient (Wildman–Crippen LogP) is 4.27. The highest BCUT2D eigenvalue weighted by Gasteiger charge is 2.14. The number of thioether (sulfide) groups is 1. The van der Waals surface area contributed by atoms with Gasteiger partial charge in [-0.1, -0.05) is 54.2 Å². The molecule has 0 saturated carbocycles. The standard InChI is InChI=1S/C23H20N4O2S/c1-15-24-22-20-8-4-5-9-21(20)25-23(27(22)26-15)30-14-18(28)13-29-19-11-10-16-6-2-3-7-17(16)12-19/h2-12,18,28H,13-14H2,1H3. The lowest BCUT2D eigenvalue weighted by Gasteiger charge is -2.13. The van der Waals surface area contributed by atoms with E-state index in [4.69, 9.17) is 9.72 Å². The van der Waals surface area contributed by atoms with Gasteiger partial charge < -0.3 is 9.84 Å². The Balaban J connectivity index is 1.29. The van der Waals surface area contributed by atoms with Gasteiger partial charge in [-0.2, -0.15) is 4.52 Å². The van der Waals surface area contributed by atoms with Gasteiger partial charge in [0.1, 0.15) is 18.2 Å². The molecule has 0 saturated heterocycles. The number of aryl methyl sites for hydroxylation is 1. The third-order valence-electron chi connectivity index (χ3n) is 4.82. The van der Waals surface area contributed by atoms with Crippen LogP contribution in [0.15, 0.2) is 71.9 Å². The van der Waals surface area contributed by atoms with Crippen LogP contribution in [0.5, 0.6) is 5.75 Å². The number of hydrogen-bond donors (Lipinski definition) is 1. The smallest absolute Gasteiger partial charge is 0.191 e. The second-order valence-corrected chi connectivity index (χ2v) is 8.08. The lowest BCUT2D eigenvalue weighted by Crippen LogP contribution is -2.20. The SMILES string of the molecule is Cc1nc2c3ccccc3nc(SCC(O)COc3ccc4ccccc4c3)n2n1. The number of aliphatic hydroxyl groups is 1. The fourth-order valence-electron chi connectivity index (χ4n) is 3.40. The van der Waals surface area contributed by atoms with Crippen LogP contribution in [0.25, 0.3) is 27.3 Å². The van der Waals surface area contributed by atoms with Gasteiger partial charge in [-0.3, -0.25) is 0 Å². The number of hydrogen-bond acceptors (Lipinski definition) is 6. The third-order valence-corrected chi connectivity index (χ3v) is 5.90. The van der Waals surface area contributed by atoms with Crippen LogP contribution < -0.4 is 4.74 Å². The Morgan fingerprint density at radius 1 is 1.00 bits per heavy atom. The van der Waals surface area contributed by atoms with E-state index in [1.54, 1.807) is 4.52 Å². The fourth-order valence-corrected chi connectivity index (χ4v) is 4.25. The first-order valence-electron chi connectivity index (χ1n) is 9.72. The molecule has 0 spiro atoms. The van der Waals surface area contributed by atoms with Crippen LogP contribution in [0.3, 0.4) is 0 Å². The molecule has 6 nitrogen and oxygen atoms in total. The molecule has 0 aliphatic heterocycles. The molecule has 0 bridgehead atoms. The summed E-state index contributed by atoms with van der Waals surface area (Å²) in [5, 5.41) is 18.9. The van der Waals surface area contributed by atoms with E-state index in [2.05, 4.69) is 16.1 Å². The van der Waals surface area contributed by atoms with Crippen molar-refractivity contribution in [2.75, 3.05) is 12.4 Å². The molecule has 0 radical (unpaired) electrons. The van der Waals surface area contributed by atoms with Gasteiger partial charge in [0.2, 0.25) is 0 Å². The highest BCUT2D eigenvalue weighted by Crippen LogP contribution is 2.25. The van der Waals surface area contributed by atoms with E-state index in [-0.39, 0.29) is 6.61 Å². The van der Waals surface area contributed by atoms with Crippen LogP contribution >= 0.6 is 11.8 Å². The summed E-state index contributed by atoms with van der Waals surface area (Å²) in [5.74, 6) is 1.87. The van der Waals surface area contributed by atoms with E-state index in [1.807, 2.05) is 67.6 Å². The zero-order valence-electron chi connectivity index (χ0n) is 16.4. The summed E-state index contributed by atoms with van der Waals surface area (Å²) < 4.78 is 7.56. The molecule has 1 unspecified atom stereocenters. The maximum Gasteiger partial charge on any atom is 0.191 e. The summed E-state index contributed by atoms with van der Waals surface area (Å²) in [7, 11) is 0. The average Bonchev–Trinajstić information content (AvgIpc) is 3.17. The van der Waals surface area contributed by atoms with Crippen molar-refractivity contribution in [3.63, 3.8) is 0 Å². The first kappa shape index (κ1) is 18.8. The van der Waals surface area contributed by atoms with Crippen LogP contribution in [0.1, 0.15) is 5.82 Å². The molecule has 3 aromatic carbocycles. The third kappa shape index (κ3) is 3.69. The maximum absolute atomic E-state index is 10.5. The summed E-state index contributed by atoms with van der Waals surface area (Å²) in [5.41, 5.74) is 1.64. The molecule has 7 heteroatoms. The lowest BCUT2D eigenvalue weighted by molar-refractivity contribution is 0.126. The van der Waals surface area contributed by atoms with Crippen LogP contribution in [0, 0.1) is 6.92 Å². The first-order valence-corrected chi connectivity index (χ1v) is 10.7. The minimum atomic E-state index is -0.644. The van der Waals surface area contributed by atoms with Crippen molar-refractivity contribution < 1.29 is 9.84 Å². The molecule has 0 amide bonds. The average molecular weight is 417 g/mol. The van der Waals surface area contributed by atoms with Crippen LogP contribution in [-0.2, 0) is 0 Å². The lowest BCUT2D eigenvalue weighted by atomic mass is 10.1. The second-order valence-electron chi connectivity index (χ2n) is 7.09. The molecule has 5 rings (SSSR count). The molecule has 150 valence electrons. The summed E-state index contributed by atoms with van der Waals surface area (Å²) >= 11 is 1.44. The topological polar surface area (TPSA) is 72.5 Å². The van der Waals surface area contributed by atoms with Gasteiger partial charge in [-0.05, 0) is 42.0 Å². The van der Waals surface area contributed by atoms with Crippen molar-refractivity contribution in [3.8, 4) is 5.75 Å². The van der Waals surface area contributed by atoms with Crippen molar-refractivity contribution in [2.24, 2.45) is 0 Å². The van der Waals surface area contributed by atoms with Gasteiger partial charge in [0.15, 0.2) is 10.8 Å². The normalized spacial score (nSPS) is 12.6. The molecule has 0 aliphatic rings. The number of aromatic nitrogens is 4. The molecule has 0 fully saturated rings. The van der Waals surface area contributed by atoms with E-state index in [1.165, 1.54) is 11.8 Å². The van der Waals surface area contributed by atoms with E-state index in [9.17, 15) is 5.11 Å². The molecule has 30 heavy (non-hydrogen) atoms. The Labute approximate surface area is 177 Å². The number of ether oxygens (including phenoxy) is 1.